The fraction of sp³-hybridized carbons (Fsp3) is 0.900. The fourth-order valence-corrected chi connectivity index (χ4v) is 0.728. The first kappa shape index (κ1) is 12.3. The SMILES string of the molecule is CCCNC(=O)OCCC(C)(C)C. The number of rotatable bonds is 4. The molecule has 0 heterocycles. The maximum Gasteiger partial charge on any atom is 0.407 e. The molecule has 3 heteroatoms. The van der Waals surface area contributed by atoms with E-state index < -0.39 is 0 Å². The van der Waals surface area contributed by atoms with Crippen molar-refractivity contribution in [2.24, 2.45) is 5.41 Å². The predicted molar refractivity (Wildman–Crippen MR) is 53.7 cm³/mol. The van der Waals surface area contributed by atoms with Gasteiger partial charge in [0.25, 0.3) is 0 Å². The third-order valence-electron chi connectivity index (χ3n) is 1.60. The first-order valence-electron chi connectivity index (χ1n) is 4.86. The lowest BCUT2D eigenvalue weighted by atomic mass is 9.93. The first-order chi connectivity index (χ1) is 5.95. The quantitative estimate of drug-likeness (QED) is 0.734. The van der Waals surface area contributed by atoms with Crippen molar-refractivity contribution >= 4 is 6.09 Å². The van der Waals surface area contributed by atoms with E-state index in [1.165, 1.54) is 0 Å². The van der Waals surface area contributed by atoms with Crippen LogP contribution in [0.25, 0.3) is 0 Å². The van der Waals surface area contributed by atoms with Crippen molar-refractivity contribution < 1.29 is 9.53 Å². The van der Waals surface area contributed by atoms with E-state index in [0.717, 1.165) is 12.8 Å². The van der Waals surface area contributed by atoms with Gasteiger partial charge in [-0.15, -0.1) is 0 Å². The van der Waals surface area contributed by atoms with Gasteiger partial charge in [-0.1, -0.05) is 27.7 Å². The number of carbonyl (C=O) groups is 1. The molecule has 3 nitrogen and oxygen atoms in total. The van der Waals surface area contributed by atoms with Crippen LogP contribution in [0.5, 0.6) is 0 Å². The first-order valence-corrected chi connectivity index (χ1v) is 4.86. The fourth-order valence-electron chi connectivity index (χ4n) is 0.728. The molecule has 0 saturated heterocycles. The Hall–Kier alpha value is -0.730. The normalized spacial score (nSPS) is 11.1. The summed E-state index contributed by atoms with van der Waals surface area (Å²) in [6.45, 7) is 9.57. The molecule has 0 unspecified atom stereocenters. The molecule has 1 N–H and O–H groups in total. The number of carbonyl (C=O) groups excluding carboxylic acids is 1. The molecular formula is C10H21NO2. The van der Waals surface area contributed by atoms with Gasteiger partial charge in [0.1, 0.15) is 0 Å². The van der Waals surface area contributed by atoms with Crippen LogP contribution in [0.2, 0.25) is 0 Å². The maximum absolute atomic E-state index is 11.0. The van der Waals surface area contributed by atoms with Crippen LogP contribution in [-0.2, 0) is 4.74 Å². The van der Waals surface area contributed by atoms with Gasteiger partial charge >= 0.3 is 6.09 Å². The lowest BCUT2D eigenvalue weighted by Gasteiger charge is -2.17. The van der Waals surface area contributed by atoms with Crippen molar-refractivity contribution in [2.45, 2.75) is 40.5 Å². The van der Waals surface area contributed by atoms with Crippen molar-refractivity contribution in [3.8, 4) is 0 Å². The number of hydrogen-bond acceptors (Lipinski definition) is 2. The van der Waals surface area contributed by atoms with E-state index in [-0.39, 0.29) is 11.5 Å². The Morgan fingerprint density at radius 2 is 2.00 bits per heavy atom. The average Bonchev–Trinajstić information content (AvgIpc) is 1.98. The molecule has 0 spiro atoms. The molecule has 13 heavy (non-hydrogen) atoms. The minimum atomic E-state index is -0.300. The summed E-state index contributed by atoms with van der Waals surface area (Å²) in [6, 6.07) is 0. The smallest absolute Gasteiger partial charge is 0.407 e. The van der Waals surface area contributed by atoms with E-state index in [1.54, 1.807) is 0 Å². The highest BCUT2D eigenvalue weighted by Crippen LogP contribution is 2.17. The molecule has 0 atom stereocenters. The lowest BCUT2D eigenvalue weighted by molar-refractivity contribution is 0.131. The molecule has 0 aliphatic carbocycles. The van der Waals surface area contributed by atoms with Crippen LogP contribution in [0.3, 0.4) is 0 Å². The van der Waals surface area contributed by atoms with Crippen LogP contribution >= 0.6 is 0 Å². The van der Waals surface area contributed by atoms with Gasteiger partial charge in [-0.05, 0) is 18.3 Å². The number of ether oxygens (including phenoxy) is 1. The van der Waals surface area contributed by atoms with Gasteiger partial charge in [0.2, 0.25) is 0 Å². The lowest BCUT2D eigenvalue weighted by Crippen LogP contribution is -2.26. The maximum atomic E-state index is 11.0. The van der Waals surface area contributed by atoms with E-state index in [1.807, 2.05) is 6.92 Å². The second-order valence-electron chi connectivity index (χ2n) is 4.37. The Labute approximate surface area is 80.8 Å². The molecule has 0 rings (SSSR count). The van der Waals surface area contributed by atoms with E-state index in [0.29, 0.717) is 13.2 Å². The predicted octanol–water partition coefficient (Wildman–Crippen LogP) is 2.56. The van der Waals surface area contributed by atoms with Crippen LogP contribution in [0.15, 0.2) is 0 Å². The molecule has 0 aromatic carbocycles. The molecule has 1 amide bonds. The summed E-state index contributed by atoms with van der Waals surface area (Å²) in [7, 11) is 0. The van der Waals surface area contributed by atoms with Gasteiger partial charge < -0.3 is 10.1 Å². The summed E-state index contributed by atoms with van der Waals surface area (Å²) in [5.41, 5.74) is 0.227. The standard InChI is InChI=1S/C10H21NO2/c1-5-7-11-9(12)13-8-6-10(2,3)4/h5-8H2,1-4H3,(H,11,12). The zero-order valence-corrected chi connectivity index (χ0v) is 9.14. The molecule has 0 aromatic heterocycles. The Balaban J connectivity index is 3.37. The van der Waals surface area contributed by atoms with E-state index in [9.17, 15) is 4.79 Å². The van der Waals surface area contributed by atoms with Gasteiger partial charge in [0.05, 0.1) is 6.61 Å². The summed E-state index contributed by atoms with van der Waals surface area (Å²) >= 11 is 0. The number of hydrogen-bond donors (Lipinski definition) is 1. The second kappa shape index (κ2) is 5.84. The third-order valence-corrected chi connectivity index (χ3v) is 1.60. The Morgan fingerprint density at radius 1 is 1.38 bits per heavy atom. The van der Waals surface area contributed by atoms with Crippen molar-refractivity contribution in [3.63, 3.8) is 0 Å². The molecule has 0 aliphatic heterocycles. The number of alkyl carbamates (subject to hydrolysis) is 1. The monoisotopic (exact) mass is 187 g/mol. The third kappa shape index (κ3) is 9.18. The van der Waals surface area contributed by atoms with E-state index in [4.69, 9.17) is 4.74 Å². The van der Waals surface area contributed by atoms with Crippen LogP contribution in [0.4, 0.5) is 4.79 Å². The molecule has 78 valence electrons. The van der Waals surface area contributed by atoms with Gasteiger partial charge in [0, 0.05) is 6.54 Å². The molecule has 0 aromatic rings. The summed E-state index contributed by atoms with van der Waals surface area (Å²) < 4.78 is 4.97. The zero-order valence-electron chi connectivity index (χ0n) is 9.14. The van der Waals surface area contributed by atoms with E-state index in [2.05, 4.69) is 26.1 Å². The Kier molecular flexibility index (Phi) is 5.51. The molecule has 0 saturated carbocycles. The van der Waals surface area contributed by atoms with Crippen molar-refractivity contribution in [1.82, 2.24) is 5.32 Å². The van der Waals surface area contributed by atoms with Crippen LogP contribution in [0.1, 0.15) is 40.5 Å². The second-order valence-corrected chi connectivity index (χ2v) is 4.37. The topological polar surface area (TPSA) is 38.3 Å². The summed E-state index contributed by atoms with van der Waals surface area (Å²) in [5, 5.41) is 2.66. The minimum absolute atomic E-state index is 0.227. The van der Waals surface area contributed by atoms with Crippen molar-refractivity contribution in [1.29, 1.82) is 0 Å². The van der Waals surface area contributed by atoms with E-state index >= 15 is 0 Å². The largest absolute Gasteiger partial charge is 0.450 e. The molecular weight excluding hydrogens is 166 g/mol. The minimum Gasteiger partial charge on any atom is -0.450 e. The van der Waals surface area contributed by atoms with Crippen molar-refractivity contribution in [2.75, 3.05) is 13.2 Å². The molecule has 0 fully saturated rings. The molecule has 0 bridgehead atoms. The van der Waals surface area contributed by atoms with Gasteiger partial charge in [0.15, 0.2) is 0 Å². The van der Waals surface area contributed by atoms with Gasteiger partial charge in [-0.2, -0.15) is 0 Å². The highest BCUT2D eigenvalue weighted by molar-refractivity contribution is 5.66. The summed E-state index contributed by atoms with van der Waals surface area (Å²) in [6.07, 6.45) is 1.53. The number of nitrogens with one attached hydrogen (secondary N) is 1. The summed E-state index contributed by atoms with van der Waals surface area (Å²) in [5.74, 6) is 0. The van der Waals surface area contributed by atoms with Gasteiger partial charge in [-0.3, -0.25) is 0 Å². The highest BCUT2D eigenvalue weighted by atomic mass is 16.5. The molecule has 0 radical (unpaired) electrons. The average molecular weight is 187 g/mol. The zero-order chi connectivity index (χ0) is 10.3. The Bertz CT molecular complexity index is 149. The number of amides is 1. The highest BCUT2D eigenvalue weighted by Gasteiger charge is 2.10. The molecule has 0 aliphatic rings. The van der Waals surface area contributed by atoms with Crippen molar-refractivity contribution in [3.05, 3.63) is 0 Å². The van der Waals surface area contributed by atoms with Gasteiger partial charge in [-0.25, -0.2) is 4.79 Å². The van der Waals surface area contributed by atoms with Crippen LogP contribution in [-0.4, -0.2) is 19.2 Å². The van der Waals surface area contributed by atoms with Crippen LogP contribution in [0, 0.1) is 5.41 Å². The van der Waals surface area contributed by atoms with Crippen LogP contribution < -0.4 is 5.32 Å². The summed E-state index contributed by atoms with van der Waals surface area (Å²) in [4.78, 5) is 11.0. The Morgan fingerprint density at radius 3 is 2.46 bits per heavy atom.